The van der Waals surface area contributed by atoms with Gasteiger partial charge in [-0.15, -0.1) is 0 Å². The number of hydrogen-bond donors (Lipinski definition) is 0. The standard InChI is InChI=1S/C18H27NO3/c1-14-6-4-7-15(2)19(14)10-5-11-22-17-9-8-16(13-20)12-18(17)21-3/h8-9,12-15H,4-7,10-11H2,1-3H3/t14-,15-/m1/s1. The molecule has 0 saturated carbocycles. The van der Waals surface area contributed by atoms with Gasteiger partial charge in [0.2, 0.25) is 0 Å². The van der Waals surface area contributed by atoms with Crippen molar-refractivity contribution < 1.29 is 14.3 Å². The number of benzene rings is 1. The highest BCUT2D eigenvalue weighted by Crippen LogP contribution is 2.28. The van der Waals surface area contributed by atoms with Gasteiger partial charge in [-0.25, -0.2) is 0 Å². The minimum Gasteiger partial charge on any atom is -0.493 e. The molecule has 0 aliphatic carbocycles. The zero-order chi connectivity index (χ0) is 15.9. The minimum atomic E-state index is 0.597. The lowest BCUT2D eigenvalue weighted by molar-refractivity contribution is 0.0958. The molecule has 0 bridgehead atoms. The lowest BCUT2D eigenvalue weighted by Crippen LogP contribution is -2.44. The third kappa shape index (κ3) is 4.23. The second-order valence-corrected chi connectivity index (χ2v) is 6.10. The van der Waals surface area contributed by atoms with Crippen molar-refractivity contribution in [1.82, 2.24) is 4.90 Å². The number of methoxy groups -OCH3 is 1. The van der Waals surface area contributed by atoms with Crippen LogP contribution >= 0.6 is 0 Å². The van der Waals surface area contributed by atoms with Gasteiger partial charge in [-0.1, -0.05) is 6.42 Å². The van der Waals surface area contributed by atoms with Crippen molar-refractivity contribution in [3.05, 3.63) is 23.8 Å². The number of piperidine rings is 1. The largest absolute Gasteiger partial charge is 0.493 e. The van der Waals surface area contributed by atoms with E-state index in [9.17, 15) is 4.79 Å². The van der Waals surface area contributed by atoms with Gasteiger partial charge < -0.3 is 9.47 Å². The van der Waals surface area contributed by atoms with Gasteiger partial charge in [-0.2, -0.15) is 0 Å². The zero-order valence-electron chi connectivity index (χ0n) is 13.9. The fourth-order valence-corrected chi connectivity index (χ4v) is 3.22. The highest BCUT2D eigenvalue weighted by molar-refractivity contribution is 5.76. The summed E-state index contributed by atoms with van der Waals surface area (Å²) in [7, 11) is 1.59. The number of carbonyl (C=O) groups is 1. The van der Waals surface area contributed by atoms with Gasteiger partial charge in [0.15, 0.2) is 11.5 Å². The van der Waals surface area contributed by atoms with Gasteiger partial charge in [-0.05, 0) is 51.3 Å². The molecule has 0 amide bonds. The molecule has 122 valence electrons. The van der Waals surface area contributed by atoms with Crippen molar-refractivity contribution in [1.29, 1.82) is 0 Å². The van der Waals surface area contributed by atoms with Crippen molar-refractivity contribution in [2.24, 2.45) is 0 Å². The molecule has 4 heteroatoms. The first kappa shape index (κ1) is 16.8. The second-order valence-electron chi connectivity index (χ2n) is 6.10. The predicted octanol–water partition coefficient (Wildman–Crippen LogP) is 3.54. The molecule has 1 aromatic rings. The topological polar surface area (TPSA) is 38.8 Å². The predicted molar refractivity (Wildman–Crippen MR) is 88.0 cm³/mol. The quantitative estimate of drug-likeness (QED) is 0.570. The lowest BCUT2D eigenvalue weighted by Gasteiger charge is -2.39. The van der Waals surface area contributed by atoms with Crippen LogP contribution < -0.4 is 9.47 Å². The molecule has 1 saturated heterocycles. The Morgan fingerprint density at radius 3 is 2.59 bits per heavy atom. The van der Waals surface area contributed by atoms with Crippen LogP contribution in [0, 0.1) is 0 Å². The maximum Gasteiger partial charge on any atom is 0.161 e. The Morgan fingerprint density at radius 1 is 1.23 bits per heavy atom. The van der Waals surface area contributed by atoms with E-state index >= 15 is 0 Å². The molecule has 1 aromatic carbocycles. The van der Waals surface area contributed by atoms with Gasteiger partial charge >= 0.3 is 0 Å². The highest BCUT2D eigenvalue weighted by atomic mass is 16.5. The van der Waals surface area contributed by atoms with E-state index in [1.54, 1.807) is 25.3 Å². The second kappa shape index (κ2) is 8.18. The van der Waals surface area contributed by atoms with E-state index in [4.69, 9.17) is 9.47 Å². The first-order valence-electron chi connectivity index (χ1n) is 8.17. The summed E-state index contributed by atoms with van der Waals surface area (Å²) in [6, 6.07) is 6.60. The molecule has 1 heterocycles. The van der Waals surface area contributed by atoms with Gasteiger partial charge in [0.25, 0.3) is 0 Å². The van der Waals surface area contributed by atoms with Crippen LogP contribution in [0.1, 0.15) is 49.9 Å². The molecule has 2 atom stereocenters. The first-order valence-corrected chi connectivity index (χ1v) is 8.17. The molecule has 0 unspecified atom stereocenters. The van der Waals surface area contributed by atoms with Crippen LogP contribution in [0.3, 0.4) is 0 Å². The Morgan fingerprint density at radius 2 is 1.95 bits per heavy atom. The van der Waals surface area contributed by atoms with E-state index in [0.717, 1.165) is 19.3 Å². The smallest absolute Gasteiger partial charge is 0.161 e. The van der Waals surface area contributed by atoms with Crippen molar-refractivity contribution in [3.8, 4) is 11.5 Å². The number of nitrogens with zero attached hydrogens (tertiary/aromatic N) is 1. The molecule has 0 aromatic heterocycles. The fraction of sp³-hybridized carbons (Fsp3) is 0.611. The van der Waals surface area contributed by atoms with Gasteiger partial charge in [0.05, 0.1) is 13.7 Å². The average molecular weight is 305 g/mol. The zero-order valence-corrected chi connectivity index (χ0v) is 13.9. The van der Waals surface area contributed by atoms with Crippen molar-refractivity contribution >= 4 is 6.29 Å². The third-order valence-corrected chi connectivity index (χ3v) is 4.52. The van der Waals surface area contributed by atoms with Crippen LogP contribution in [0.5, 0.6) is 11.5 Å². The summed E-state index contributed by atoms with van der Waals surface area (Å²) in [5, 5.41) is 0. The molecule has 0 N–H and O–H groups in total. The van der Waals surface area contributed by atoms with Gasteiger partial charge in [-0.3, -0.25) is 9.69 Å². The normalized spacial score (nSPS) is 22.3. The Balaban J connectivity index is 1.82. The maximum atomic E-state index is 10.8. The lowest BCUT2D eigenvalue weighted by atomic mass is 9.97. The monoisotopic (exact) mass is 305 g/mol. The number of hydrogen-bond acceptors (Lipinski definition) is 4. The maximum absolute atomic E-state index is 10.8. The summed E-state index contributed by atoms with van der Waals surface area (Å²) >= 11 is 0. The third-order valence-electron chi connectivity index (χ3n) is 4.52. The number of rotatable bonds is 7. The van der Waals surface area contributed by atoms with E-state index < -0.39 is 0 Å². The SMILES string of the molecule is COc1cc(C=O)ccc1OCCCN1[C@H](C)CCC[C@H]1C. The van der Waals surface area contributed by atoms with E-state index in [1.807, 2.05) is 0 Å². The summed E-state index contributed by atoms with van der Waals surface area (Å²) in [6.45, 7) is 6.36. The molecular weight excluding hydrogens is 278 g/mol. The van der Waals surface area contributed by atoms with Crippen molar-refractivity contribution in [2.45, 2.75) is 51.6 Å². The first-order chi connectivity index (χ1) is 10.7. The molecule has 2 rings (SSSR count). The number of ether oxygens (including phenoxy) is 2. The molecule has 1 fully saturated rings. The fourth-order valence-electron chi connectivity index (χ4n) is 3.22. The van der Waals surface area contributed by atoms with Crippen LogP contribution in [-0.4, -0.2) is 43.5 Å². The van der Waals surface area contributed by atoms with Crippen LogP contribution in [-0.2, 0) is 0 Å². The van der Waals surface area contributed by atoms with Crippen LogP contribution in [0.4, 0.5) is 0 Å². The number of aldehydes is 1. The molecule has 0 radical (unpaired) electrons. The van der Waals surface area contributed by atoms with E-state index in [2.05, 4.69) is 18.7 Å². The molecule has 0 spiro atoms. The number of likely N-dealkylation sites (tertiary alicyclic amines) is 1. The summed E-state index contributed by atoms with van der Waals surface area (Å²) in [6.07, 6.45) is 5.74. The molecular formula is C18H27NO3. The van der Waals surface area contributed by atoms with E-state index in [-0.39, 0.29) is 0 Å². The van der Waals surface area contributed by atoms with Gasteiger partial charge in [0, 0.05) is 24.2 Å². The van der Waals surface area contributed by atoms with Crippen molar-refractivity contribution in [3.63, 3.8) is 0 Å². The Kier molecular flexibility index (Phi) is 6.25. The molecule has 4 nitrogen and oxygen atoms in total. The van der Waals surface area contributed by atoms with Crippen LogP contribution in [0.2, 0.25) is 0 Å². The Labute approximate surface area is 133 Å². The summed E-state index contributed by atoms with van der Waals surface area (Å²) in [5.41, 5.74) is 0.597. The van der Waals surface area contributed by atoms with E-state index in [1.165, 1.54) is 19.3 Å². The Bertz CT molecular complexity index is 479. The molecule has 1 aliphatic heterocycles. The minimum absolute atomic E-state index is 0.597. The van der Waals surface area contributed by atoms with E-state index in [0.29, 0.717) is 35.8 Å². The number of carbonyl (C=O) groups excluding carboxylic acids is 1. The Hall–Kier alpha value is -1.55. The summed E-state index contributed by atoms with van der Waals surface area (Å²) < 4.78 is 11.1. The summed E-state index contributed by atoms with van der Waals surface area (Å²) in [4.78, 5) is 13.4. The van der Waals surface area contributed by atoms with Crippen LogP contribution in [0.25, 0.3) is 0 Å². The van der Waals surface area contributed by atoms with Crippen LogP contribution in [0.15, 0.2) is 18.2 Å². The highest BCUT2D eigenvalue weighted by Gasteiger charge is 2.23. The molecule has 1 aliphatic rings. The van der Waals surface area contributed by atoms with Gasteiger partial charge in [0.1, 0.15) is 6.29 Å². The average Bonchev–Trinajstić information content (AvgIpc) is 2.53. The summed E-state index contributed by atoms with van der Waals surface area (Å²) in [5.74, 6) is 1.32. The molecule has 22 heavy (non-hydrogen) atoms. The van der Waals surface area contributed by atoms with Crippen molar-refractivity contribution in [2.75, 3.05) is 20.3 Å².